The molecule has 4 heteroatoms. The lowest BCUT2D eigenvalue weighted by Gasteiger charge is -2.10. The molecule has 1 aliphatic rings. The van der Waals surface area contributed by atoms with Crippen LogP contribution in [0.1, 0.15) is 31.2 Å². The Morgan fingerprint density at radius 2 is 2.29 bits per heavy atom. The molecule has 1 heterocycles. The number of carbonyl (C=O) groups excluding carboxylic acids is 1. The number of aromatic nitrogens is 1. The SMILES string of the molecule is CCc1nc(C)ccc1OCC(=O)NC1CC1. The number of aryl methyl sites for hydroxylation is 2. The third kappa shape index (κ3) is 3.44. The molecule has 1 aliphatic carbocycles. The summed E-state index contributed by atoms with van der Waals surface area (Å²) in [6.07, 6.45) is 3.00. The lowest BCUT2D eigenvalue weighted by Crippen LogP contribution is -2.30. The van der Waals surface area contributed by atoms with E-state index in [4.69, 9.17) is 4.74 Å². The van der Waals surface area contributed by atoms with Crippen LogP contribution in [0.3, 0.4) is 0 Å². The number of rotatable bonds is 5. The van der Waals surface area contributed by atoms with E-state index in [1.54, 1.807) is 0 Å². The first-order valence-corrected chi connectivity index (χ1v) is 6.07. The third-order valence-electron chi connectivity index (χ3n) is 2.71. The fraction of sp³-hybridized carbons (Fsp3) is 0.538. The molecule has 4 nitrogen and oxygen atoms in total. The molecule has 0 atom stereocenters. The first-order chi connectivity index (χ1) is 8.19. The van der Waals surface area contributed by atoms with Gasteiger partial charge in [-0.2, -0.15) is 0 Å². The van der Waals surface area contributed by atoms with Gasteiger partial charge in [-0.15, -0.1) is 0 Å². The molecule has 1 fully saturated rings. The lowest BCUT2D eigenvalue weighted by atomic mass is 10.2. The molecule has 0 saturated heterocycles. The van der Waals surface area contributed by atoms with Crippen LogP contribution in [0.5, 0.6) is 5.75 Å². The predicted octanol–water partition coefficient (Wildman–Crippen LogP) is 1.61. The molecule has 1 N–H and O–H groups in total. The first-order valence-electron chi connectivity index (χ1n) is 6.07. The van der Waals surface area contributed by atoms with Crippen LogP contribution in [0, 0.1) is 6.92 Å². The number of hydrogen-bond donors (Lipinski definition) is 1. The van der Waals surface area contributed by atoms with E-state index in [0.29, 0.717) is 11.8 Å². The van der Waals surface area contributed by atoms with Gasteiger partial charge < -0.3 is 10.1 Å². The summed E-state index contributed by atoms with van der Waals surface area (Å²) in [6.45, 7) is 4.05. The predicted molar refractivity (Wildman–Crippen MR) is 65.0 cm³/mol. The summed E-state index contributed by atoms with van der Waals surface area (Å²) in [5.41, 5.74) is 1.88. The minimum absolute atomic E-state index is 0.0462. The van der Waals surface area contributed by atoms with E-state index in [9.17, 15) is 4.79 Å². The Morgan fingerprint density at radius 1 is 1.53 bits per heavy atom. The smallest absolute Gasteiger partial charge is 0.258 e. The van der Waals surface area contributed by atoms with Crippen LogP contribution in [0.4, 0.5) is 0 Å². The summed E-state index contributed by atoms with van der Waals surface area (Å²) in [5, 5.41) is 2.89. The second kappa shape index (κ2) is 5.17. The highest BCUT2D eigenvalue weighted by atomic mass is 16.5. The Morgan fingerprint density at radius 3 is 2.94 bits per heavy atom. The van der Waals surface area contributed by atoms with Crippen LogP contribution >= 0.6 is 0 Å². The van der Waals surface area contributed by atoms with E-state index < -0.39 is 0 Å². The van der Waals surface area contributed by atoms with Crippen molar-refractivity contribution in [3.05, 3.63) is 23.5 Å². The highest BCUT2D eigenvalue weighted by molar-refractivity contribution is 5.78. The van der Waals surface area contributed by atoms with Crippen molar-refractivity contribution < 1.29 is 9.53 Å². The summed E-state index contributed by atoms with van der Waals surface area (Å²) < 4.78 is 5.50. The molecule has 1 saturated carbocycles. The van der Waals surface area contributed by atoms with Crippen molar-refractivity contribution in [2.24, 2.45) is 0 Å². The van der Waals surface area contributed by atoms with Gasteiger partial charge >= 0.3 is 0 Å². The zero-order chi connectivity index (χ0) is 12.3. The van der Waals surface area contributed by atoms with Crippen molar-refractivity contribution in [1.29, 1.82) is 0 Å². The molecule has 0 radical (unpaired) electrons. The maximum atomic E-state index is 11.5. The van der Waals surface area contributed by atoms with Gasteiger partial charge in [0.1, 0.15) is 5.75 Å². The lowest BCUT2D eigenvalue weighted by molar-refractivity contribution is -0.123. The number of carbonyl (C=O) groups is 1. The number of nitrogens with zero attached hydrogens (tertiary/aromatic N) is 1. The maximum Gasteiger partial charge on any atom is 0.258 e. The number of hydrogen-bond acceptors (Lipinski definition) is 3. The standard InChI is InChI=1S/C13H18N2O2/c1-3-11-12(7-4-9(2)14-11)17-8-13(16)15-10-5-6-10/h4,7,10H,3,5-6,8H2,1-2H3,(H,15,16). The second-order valence-corrected chi connectivity index (χ2v) is 4.38. The Bertz CT molecular complexity index is 414. The maximum absolute atomic E-state index is 11.5. The number of nitrogens with one attached hydrogen (secondary N) is 1. The third-order valence-corrected chi connectivity index (χ3v) is 2.71. The monoisotopic (exact) mass is 234 g/mol. The van der Waals surface area contributed by atoms with Gasteiger partial charge in [0.2, 0.25) is 0 Å². The van der Waals surface area contributed by atoms with Crippen molar-refractivity contribution in [2.75, 3.05) is 6.61 Å². The van der Waals surface area contributed by atoms with Crippen molar-refractivity contribution in [3.8, 4) is 5.75 Å². The van der Waals surface area contributed by atoms with Crippen LogP contribution < -0.4 is 10.1 Å². The highest BCUT2D eigenvalue weighted by Crippen LogP contribution is 2.19. The Balaban J connectivity index is 1.90. The normalized spacial score (nSPS) is 14.5. The van der Waals surface area contributed by atoms with Gasteiger partial charge in [-0.05, 0) is 38.3 Å². The van der Waals surface area contributed by atoms with Gasteiger partial charge in [-0.3, -0.25) is 9.78 Å². The quantitative estimate of drug-likeness (QED) is 0.842. The minimum atomic E-state index is -0.0462. The summed E-state index contributed by atoms with van der Waals surface area (Å²) in [4.78, 5) is 15.9. The molecule has 1 aromatic heterocycles. The largest absolute Gasteiger partial charge is 0.482 e. The minimum Gasteiger partial charge on any atom is -0.482 e. The van der Waals surface area contributed by atoms with Crippen LogP contribution in [0.2, 0.25) is 0 Å². The molecule has 1 amide bonds. The molecule has 2 rings (SSSR count). The summed E-state index contributed by atoms with van der Waals surface area (Å²) in [5.74, 6) is 0.666. The van der Waals surface area contributed by atoms with Gasteiger partial charge in [0.05, 0.1) is 5.69 Å². The van der Waals surface area contributed by atoms with Crippen LogP contribution in [0.25, 0.3) is 0 Å². The van der Waals surface area contributed by atoms with E-state index in [-0.39, 0.29) is 12.5 Å². The molecule has 17 heavy (non-hydrogen) atoms. The molecule has 0 bridgehead atoms. The Hall–Kier alpha value is -1.58. The van der Waals surface area contributed by atoms with Gasteiger partial charge in [-0.1, -0.05) is 6.92 Å². The number of amides is 1. The van der Waals surface area contributed by atoms with Crippen molar-refractivity contribution in [1.82, 2.24) is 10.3 Å². The zero-order valence-electron chi connectivity index (χ0n) is 10.3. The summed E-state index contributed by atoms with van der Waals surface area (Å²) in [6, 6.07) is 4.16. The molecule has 1 aromatic rings. The van der Waals surface area contributed by atoms with Crippen LogP contribution in [-0.2, 0) is 11.2 Å². The van der Waals surface area contributed by atoms with Crippen LogP contribution in [0.15, 0.2) is 12.1 Å². The Kier molecular flexibility index (Phi) is 3.61. The fourth-order valence-electron chi connectivity index (χ4n) is 1.62. The van der Waals surface area contributed by atoms with Crippen molar-refractivity contribution in [3.63, 3.8) is 0 Å². The van der Waals surface area contributed by atoms with E-state index in [0.717, 1.165) is 30.7 Å². The fourth-order valence-corrected chi connectivity index (χ4v) is 1.62. The van der Waals surface area contributed by atoms with Crippen molar-refractivity contribution in [2.45, 2.75) is 39.2 Å². The van der Waals surface area contributed by atoms with Crippen LogP contribution in [-0.4, -0.2) is 23.5 Å². The molecule has 0 unspecified atom stereocenters. The van der Waals surface area contributed by atoms with E-state index in [1.807, 2.05) is 26.0 Å². The summed E-state index contributed by atoms with van der Waals surface area (Å²) in [7, 11) is 0. The zero-order valence-corrected chi connectivity index (χ0v) is 10.3. The second-order valence-electron chi connectivity index (χ2n) is 4.38. The van der Waals surface area contributed by atoms with Gasteiger partial charge in [0, 0.05) is 11.7 Å². The van der Waals surface area contributed by atoms with E-state index >= 15 is 0 Å². The average molecular weight is 234 g/mol. The highest BCUT2D eigenvalue weighted by Gasteiger charge is 2.23. The van der Waals surface area contributed by atoms with Crippen molar-refractivity contribution >= 4 is 5.91 Å². The molecule has 0 aliphatic heterocycles. The molecule has 0 spiro atoms. The Labute approximate surface area is 101 Å². The molecule has 0 aromatic carbocycles. The molecular weight excluding hydrogens is 216 g/mol. The summed E-state index contributed by atoms with van der Waals surface area (Å²) >= 11 is 0. The van der Waals surface area contributed by atoms with E-state index in [1.165, 1.54) is 0 Å². The topological polar surface area (TPSA) is 51.2 Å². The number of ether oxygens (including phenoxy) is 1. The molecular formula is C13H18N2O2. The van der Waals surface area contributed by atoms with Gasteiger partial charge in [0.25, 0.3) is 5.91 Å². The average Bonchev–Trinajstić information content (AvgIpc) is 3.11. The first kappa shape index (κ1) is 11.9. The van der Waals surface area contributed by atoms with Gasteiger partial charge in [-0.25, -0.2) is 0 Å². The van der Waals surface area contributed by atoms with E-state index in [2.05, 4.69) is 10.3 Å². The molecule has 92 valence electrons. The van der Waals surface area contributed by atoms with Gasteiger partial charge in [0.15, 0.2) is 6.61 Å². The number of pyridine rings is 1.